The Balaban J connectivity index is 2.41. The van der Waals surface area contributed by atoms with Gasteiger partial charge >= 0.3 is 0 Å². The molecule has 1 aromatic rings. The van der Waals surface area contributed by atoms with E-state index >= 15 is 0 Å². The maximum Gasteiger partial charge on any atom is 0.240 e. The van der Waals surface area contributed by atoms with Crippen LogP contribution >= 0.6 is 27.5 Å². The van der Waals surface area contributed by atoms with Gasteiger partial charge in [0.05, 0.1) is 11.5 Å². The Kier molecular flexibility index (Phi) is 7.18. The van der Waals surface area contributed by atoms with E-state index in [0.717, 1.165) is 4.47 Å². The maximum atomic E-state index is 11.9. The first kappa shape index (κ1) is 15.9. The van der Waals surface area contributed by atoms with Crippen LogP contribution in [0, 0.1) is 0 Å². The minimum absolute atomic E-state index is 0.249. The van der Waals surface area contributed by atoms with E-state index in [9.17, 15) is 8.42 Å². The Morgan fingerprint density at radius 2 is 2.11 bits per heavy atom. The van der Waals surface area contributed by atoms with Crippen molar-refractivity contribution >= 4 is 37.6 Å². The van der Waals surface area contributed by atoms with Crippen LogP contribution in [0.1, 0.15) is 6.42 Å². The maximum absolute atomic E-state index is 11.9. The largest absolute Gasteiger partial charge is 0.380 e. The van der Waals surface area contributed by atoms with E-state index in [1.54, 1.807) is 24.3 Å². The molecule has 0 spiro atoms. The minimum Gasteiger partial charge on any atom is -0.380 e. The molecule has 0 amide bonds. The summed E-state index contributed by atoms with van der Waals surface area (Å²) in [6, 6.07) is 6.57. The van der Waals surface area contributed by atoms with Gasteiger partial charge in [-0.15, -0.1) is 11.6 Å². The van der Waals surface area contributed by atoms with Crippen LogP contribution in [0.2, 0.25) is 0 Å². The lowest BCUT2D eigenvalue weighted by molar-refractivity contribution is 0.147. The molecule has 0 aromatic heterocycles. The van der Waals surface area contributed by atoms with Crippen LogP contribution in [-0.4, -0.2) is 34.1 Å². The van der Waals surface area contributed by atoms with Crippen LogP contribution in [0.4, 0.5) is 0 Å². The normalized spacial score (nSPS) is 11.7. The number of alkyl halides is 1. The number of hydrogen-bond donors (Lipinski definition) is 1. The molecule has 1 aromatic carbocycles. The van der Waals surface area contributed by atoms with Gasteiger partial charge in [0, 0.05) is 23.5 Å². The fourth-order valence-corrected chi connectivity index (χ4v) is 3.03. The molecule has 0 unspecified atom stereocenters. The smallest absolute Gasteiger partial charge is 0.240 e. The topological polar surface area (TPSA) is 55.4 Å². The zero-order chi connectivity index (χ0) is 13.4. The molecule has 1 N–H and O–H groups in total. The summed E-state index contributed by atoms with van der Waals surface area (Å²) in [6.45, 7) is 1.32. The molecule has 0 bridgehead atoms. The second-order valence-corrected chi connectivity index (χ2v) is 6.57. The first-order valence-electron chi connectivity index (χ1n) is 5.45. The molecule has 1 rings (SSSR count). The lowest BCUT2D eigenvalue weighted by Gasteiger charge is -2.07. The molecule has 18 heavy (non-hydrogen) atoms. The summed E-state index contributed by atoms with van der Waals surface area (Å²) in [4.78, 5) is 0.249. The van der Waals surface area contributed by atoms with Crippen molar-refractivity contribution in [3.63, 3.8) is 0 Å². The molecule has 0 heterocycles. The third-order valence-electron chi connectivity index (χ3n) is 2.09. The van der Waals surface area contributed by atoms with E-state index in [1.165, 1.54) is 0 Å². The number of sulfonamides is 1. The van der Waals surface area contributed by atoms with Gasteiger partial charge in [0.25, 0.3) is 0 Å². The summed E-state index contributed by atoms with van der Waals surface area (Å²) >= 11 is 8.68. The third kappa shape index (κ3) is 5.67. The highest BCUT2D eigenvalue weighted by atomic mass is 79.9. The van der Waals surface area contributed by atoms with Crippen molar-refractivity contribution < 1.29 is 13.2 Å². The predicted octanol–water partition coefficient (Wildman–Crippen LogP) is 2.37. The number of benzene rings is 1. The Morgan fingerprint density at radius 1 is 1.33 bits per heavy atom. The van der Waals surface area contributed by atoms with Crippen molar-refractivity contribution in [1.29, 1.82) is 0 Å². The van der Waals surface area contributed by atoms with E-state index in [0.29, 0.717) is 32.1 Å². The van der Waals surface area contributed by atoms with Crippen molar-refractivity contribution in [3.8, 4) is 0 Å². The number of ether oxygens (including phenoxy) is 1. The summed E-state index contributed by atoms with van der Waals surface area (Å²) in [6.07, 6.45) is 0.615. The van der Waals surface area contributed by atoms with Gasteiger partial charge in [-0.2, -0.15) is 0 Å². The van der Waals surface area contributed by atoms with E-state index in [4.69, 9.17) is 16.3 Å². The molecule has 4 nitrogen and oxygen atoms in total. The minimum atomic E-state index is -3.44. The molecule has 0 aliphatic heterocycles. The first-order chi connectivity index (χ1) is 8.56. The van der Waals surface area contributed by atoms with E-state index in [-0.39, 0.29) is 4.90 Å². The van der Waals surface area contributed by atoms with Crippen LogP contribution in [0.5, 0.6) is 0 Å². The van der Waals surface area contributed by atoms with Crippen LogP contribution in [0.25, 0.3) is 0 Å². The molecule has 7 heteroatoms. The Hall–Kier alpha value is -0.140. The molecule has 102 valence electrons. The number of halogens is 2. The van der Waals surface area contributed by atoms with Gasteiger partial charge in [0.2, 0.25) is 10.0 Å². The second-order valence-electron chi connectivity index (χ2n) is 3.51. The van der Waals surface area contributed by atoms with Gasteiger partial charge in [-0.1, -0.05) is 22.0 Å². The molecule has 0 aliphatic carbocycles. The highest BCUT2D eigenvalue weighted by Gasteiger charge is 2.12. The Labute approximate surface area is 121 Å². The van der Waals surface area contributed by atoms with E-state index in [1.807, 2.05) is 0 Å². The Bertz CT molecular complexity index is 467. The highest BCUT2D eigenvalue weighted by molar-refractivity contribution is 9.10. The molecule has 0 atom stereocenters. The summed E-state index contributed by atoms with van der Waals surface area (Å²) in [5.74, 6) is 0.448. The average molecular weight is 357 g/mol. The molecule has 0 fully saturated rings. The second kappa shape index (κ2) is 8.12. The van der Waals surface area contributed by atoms with Gasteiger partial charge in [-0.3, -0.25) is 0 Å². The predicted molar refractivity (Wildman–Crippen MR) is 75.5 cm³/mol. The number of rotatable bonds is 8. The van der Waals surface area contributed by atoms with Crippen molar-refractivity contribution in [2.24, 2.45) is 0 Å². The molecular weight excluding hydrogens is 342 g/mol. The first-order valence-corrected chi connectivity index (χ1v) is 8.26. The standard InChI is InChI=1S/C11H15BrClNO3S/c12-10-3-1-4-11(9-10)18(15,16)14-6-2-7-17-8-5-13/h1,3-4,9,14H,2,5-8H2. The SMILES string of the molecule is O=S(=O)(NCCCOCCCl)c1cccc(Br)c1. The summed E-state index contributed by atoms with van der Waals surface area (Å²) < 4.78 is 32.2. The van der Waals surface area contributed by atoms with Crippen LogP contribution in [0.3, 0.4) is 0 Å². The Morgan fingerprint density at radius 3 is 2.78 bits per heavy atom. The average Bonchev–Trinajstić information content (AvgIpc) is 2.33. The van der Waals surface area contributed by atoms with Crippen molar-refractivity contribution in [1.82, 2.24) is 4.72 Å². The summed E-state index contributed by atoms with van der Waals surface area (Å²) in [5, 5.41) is 0. The summed E-state index contributed by atoms with van der Waals surface area (Å²) in [5.41, 5.74) is 0. The van der Waals surface area contributed by atoms with E-state index < -0.39 is 10.0 Å². The highest BCUT2D eigenvalue weighted by Crippen LogP contribution is 2.15. The molecule has 0 saturated carbocycles. The lowest BCUT2D eigenvalue weighted by Crippen LogP contribution is -2.25. The quantitative estimate of drug-likeness (QED) is 0.575. The van der Waals surface area contributed by atoms with Crippen molar-refractivity contribution in [3.05, 3.63) is 28.7 Å². The summed E-state index contributed by atoms with van der Waals surface area (Å²) in [7, 11) is -3.44. The lowest BCUT2D eigenvalue weighted by atomic mass is 10.4. The molecule has 0 radical (unpaired) electrons. The van der Waals surface area contributed by atoms with Gasteiger partial charge < -0.3 is 4.74 Å². The van der Waals surface area contributed by atoms with Crippen LogP contribution < -0.4 is 4.72 Å². The van der Waals surface area contributed by atoms with Crippen LogP contribution in [-0.2, 0) is 14.8 Å². The van der Waals surface area contributed by atoms with Gasteiger partial charge in [0.1, 0.15) is 0 Å². The third-order valence-corrected chi connectivity index (χ3v) is 4.19. The number of hydrogen-bond acceptors (Lipinski definition) is 3. The fourth-order valence-electron chi connectivity index (χ4n) is 1.25. The van der Waals surface area contributed by atoms with E-state index in [2.05, 4.69) is 20.7 Å². The number of nitrogens with one attached hydrogen (secondary N) is 1. The van der Waals surface area contributed by atoms with Gasteiger partial charge in [0.15, 0.2) is 0 Å². The molecule has 0 aliphatic rings. The monoisotopic (exact) mass is 355 g/mol. The zero-order valence-corrected chi connectivity index (χ0v) is 12.9. The van der Waals surface area contributed by atoms with Crippen molar-refractivity contribution in [2.75, 3.05) is 25.6 Å². The van der Waals surface area contributed by atoms with Crippen molar-refractivity contribution in [2.45, 2.75) is 11.3 Å². The van der Waals surface area contributed by atoms with Gasteiger partial charge in [-0.25, -0.2) is 13.1 Å². The molecular formula is C11H15BrClNO3S. The zero-order valence-electron chi connectivity index (χ0n) is 9.73. The fraction of sp³-hybridized carbons (Fsp3) is 0.455. The van der Waals surface area contributed by atoms with Gasteiger partial charge in [-0.05, 0) is 24.6 Å². The molecule has 0 saturated heterocycles. The van der Waals surface area contributed by atoms with Crippen LogP contribution in [0.15, 0.2) is 33.6 Å².